The highest BCUT2D eigenvalue weighted by molar-refractivity contribution is 7.99. The summed E-state index contributed by atoms with van der Waals surface area (Å²) in [6, 6.07) is 8.86. The summed E-state index contributed by atoms with van der Waals surface area (Å²) in [7, 11) is 0. The molecule has 6 nitrogen and oxygen atoms in total. The zero-order chi connectivity index (χ0) is 17.3. The molecule has 0 fully saturated rings. The maximum Gasteiger partial charge on any atom is 0.407 e. The number of ether oxygens (including phenoxy) is 1. The quantitative estimate of drug-likeness (QED) is 0.780. The summed E-state index contributed by atoms with van der Waals surface area (Å²) in [4.78, 5) is 23.2. The molecule has 0 saturated carbocycles. The Labute approximate surface area is 140 Å². The van der Waals surface area contributed by atoms with Crippen molar-refractivity contribution in [3.05, 3.63) is 29.8 Å². The van der Waals surface area contributed by atoms with Crippen molar-refractivity contribution >= 4 is 29.4 Å². The predicted octanol–water partition coefficient (Wildman–Crippen LogP) is 2.75. The zero-order valence-corrected chi connectivity index (χ0v) is 14.3. The molecule has 0 bridgehead atoms. The lowest BCUT2D eigenvalue weighted by Gasteiger charge is -2.19. The van der Waals surface area contributed by atoms with Gasteiger partial charge in [-0.25, -0.2) is 4.79 Å². The Morgan fingerprint density at radius 2 is 2.00 bits per heavy atom. The molecule has 0 aliphatic carbocycles. The molecule has 124 valence electrons. The fourth-order valence-corrected chi connectivity index (χ4v) is 2.23. The highest BCUT2D eigenvalue weighted by Gasteiger charge is 2.15. The van der Waals surface area contributed by atoms with Crippen LogP contribution in [-0.4, -0.2) is 35.7 Å². The van der Waals surface area contributed by atoms with Gasteiger partial charge >= 0.3 is 6.09 Å². The molecule has 0 aliphatic rings. The van der Waals surface area contributed by atoms with E-state index < -0.39 is 11.7 Å². The minimum absolute atomic E-state index is 0.185. The predicted molar refractivity (Wildman–Crippen MR) is 91.3 cm³/mol. The SMILES string of the molecule is CC(C)(C)OC(=O)NCCSCC(=O)Nc1ccccc1C#N. The largest absolute Gasteiger partial charge is 0.444 e. The van der Waals surface area contributed by atoms with Crippen LogP contribution < -0.4 is 10.6 Å². The van der Waals surface area contributed by atoms with Crippen LogP contribution in [0.1, 0.15) is 26.3 Å². The molecule has 0 atom stereocenters. The van der Waals surface area contributed by atoms with Crippen molar-refractivity contribution in [2.75, 3.05) is 23.4 Å². The molecule has 1 aromatic carbocycles. The number of thioether (sulfide) groups is 1. The van der Waals surface area contributed by atoms with Crippen molar-refractivity contribution in [3.63, 3.8) is 0 Å². The monoisotopic (exact) mass is 335 g/mol. The number of carbonyl (C=O) groups excluding carboxylic acids is 2. The van der Waals surface area contributed by atoms with Gasteiger partial charge in [0.2, 0.25) is 5.91 Å². The average molecular weight is 335 g/mol. The van der Waals surface area contributed by atoms with Gasteiger partial charge in [-0.3, -0.25) is 4.79 Å². The van der Waals surface area contributed by atoms with E-state index in [-0.39, 0.29) is 11.7 Å². The van der Waals surface area contributed by atoms with Crippen LogP contribution in [-0.2, 0) is 9.53 Å². The number of rotatable bonds is 6. The molecule has 7 heteroatoms. The van der Waals surface area contributed by atoms with Crippen LogP contribution in [0.4, 0.5) is 10.5 Å². The molecular formula is C16H21N3O3S. The van der Waals surface area contributed by atoms with Crippen LogP contribution >= 0.6 is 11.8 Å². The molecule has 1 aromatic rings. The number of hydrogen-bond donors (Lipinski definition) is 2. The third-order valence-corrected chi connectivity index (χ3v) is 3.43. The van der Waals surface area contributed by atoms with Gasteiger partial charge in [0.1, 0.15) is 11.7 Å². The van der Waals surface area contributed by atoms with Gasteiger partial charge in [0.25, 0.3) is 0 Å². The van der Waals surface area contributed by atoms with Gasteiger partial charge in [-0.1, -0.05) is 12.1 Å². The average Bonchev–Trinajstić information content (AvgIpc) is 2.45. The van der Waals surface area contributed by atoms with E-state index in [4.69, 9.17) is 10.00 Å². The van der Waals surface area contributed by atoms with Crippen LogP contribution in [0.3, 0.4) is 0 Å². The van der Waals surface area contributed by atoms with Gasteiger partial charge in [-0.2, -0.15) is 17.0 Å². The molecule has 0 saturated heterocycles. The van der Waals surface area contributed by atoms with E-state index in [1.54, 1.807) is 45.0 Å². The number of nitrogens with zero attached hydrogens (tertiary/aromatic N) is 1. The second kappa shape index (κ2) is 9.06. The van der Waals surface area contributed by atoms with E-state index in [1.807, 2.05) is 6.07 Å². The van der Waals surface area contributed by atoms with Crippen molar-refractivity contribution in [2.45, 2.75) is 26.4 Å². The molecule has 0 unspecified atom stereocenters. The van der Waals surface area contributed by atoms with E-state index in [0.717, 1.165) is 0 Å². The maximum atomic E-state index is 11.8. The summed E-state index contributed by atoms with van der Waals surface area (Å²) >= 11 is 1.39. The van der Waals surface area contributed by atoms with Gasteiger partial charge in [0.05, 0.1) is 17.0 Å². The van der Waals surface area contributed by atoms with E-state index in [0.29, 0.717) is 23.5 Å². The van der Waals surface area contributed by atoms with Crippen LogP contribution in [0, 0.1) is 11.3 Å². The second-order valence-corrected chi connectivity index (χ2v) is 6.79. The number of carbonyl (C=O) groups is 2. The zero-order valence-electron chi connectivity index (χ0n) is 13.5. The summed E-state index contributed by atoms with van der Waals surface area (Å²) in [5.41, 5.74) is 0.413. The Kier molecular flexibility index (Phi) is 7.42. The number of nitrogens with one attached hydrogen (secondary N) is 2. The minimum Gasteiger partial charge on any atom is -0.444 e. The van der Waals surface area contributed by atoms with Crippen LogP contribution in [0.2, 0.25) is 0 Å². The molecule has 2 N–H and O–H groups in total. The highest BCUT2D eigenvalue weighted by atomic mass is 32.2. The Bertz CT molecular complexity index is 591. The van der Waals surface area contributed by atoms with Crippen molar-refractivity contribution in [1.82, 2.24) is 5.32 Å². The topological polar surface area (TPSA) is 91.2 Å². The van der Waals surface area contributed by atoms with Crippen molar-refractivity contribution in [2.24, 2.45) is 0 Å². The minimum atomic E-state index is -0.523. The first kappa shape index (κ1) is 18.8. The van der Waals surface area contributed by atoms with E-state index in [1.165, 1.54) is 11.8 Å². The smallest absolute Gasteiger partial charge is 0.407 e. The number of hydrogen-bond acceptors (Lipinski definition) is 5. The molecule has 2 amide bonds. The first-order valence-corrected chi connectivity index (χ1v) is 8.31. The summed E-state index contributed by atoms with van der Waals surface area (Å²) in [5, 5.41) is 14.3. The second-order valence-electron chi connectivity index (χ2n) is 5.69. The maximum absolute atomic E-state index is 11.8. The summed E-state index contributed by atoms with van der Waals surface area (Å²) < 4.78 is 5.10. The molecule has 1 rings (SSSR count). The Morgan fingerprint density at radius 3 is 2.65 bits per heavy atom. The third-order valence-electron chi connectivity index (χ3n) is 2.47. The standard InChI is InChI=1S/C16H21N3O3S/c1-16(2,3)22-15(21)18-8-9-23-11-14(20)19-13-7-5-4-6-12(13)10-17/h4-7H,8-9,11H2,1-3H3,(H,18,21)(H,19,20). The molecule has 0 aliphatic heterocycles. The lowest BCUT2D eigenvalue weighted by atomic mass is 10.2. The number of para-hydroxylation sites is 1. The Balaban J connectivity index is 2.22. The third kappa shape index (κ3) is 8.12. The number of anilines is 1. The molecule has 0 spiro atoms. The summed E-state index contributed by atoms with van der Waals surface area (Å²) in [6.07, 6.45) is -0.467. The number of benzene rings is 1. The van der Waals surface area contributed by atoms with Crippen LogP contribution in [0.15, 0.2) is 24.3 Å². The van der Waals surface area contributed by atoms with Crippen LogP contribution in [0.5, 0.6) is 0 Å². The fourth-order valence-electron chi connectivity index (χ4n) is 1.58. The first-order chi connectivity index (χ1) is 10.8. The molecular weight excluding hydrogens is 314 g/mol. The molecule has 0 radical (unpaired) electrons. The Morgan fingerprint density at radius 1 is 1.30 bits per heavy atom. The first-order valence-electron chi connectivity index (χ1n) is 7.15. The number of amides is 2. The van der Waals surface area contributed by atoms with Gasteiger partial charge in [-0.15, -0.1) is 0 Å². The van der Waals surface area contributed by atoms with Crippen molar-refractivity contribution < 1.29 is 14.3 Å². The lowest BCUT2D eigenvalue weighted by Crippen LogP contribution is -2.33. The Hall–Kier alpha value is -2.20. The molecule has 23 heavy (non-hydrogen) atoms. The number of alkyl carbamates (subject to hydrolysis) is 1. The van der Waals surface area contributed by atoms with Crippen molar-refractivity contribution in [3.8, 4) is 6.07 Å². The highest BCUT2D eigenvalue weighted by Crippen LogP contribution is 2.14. The fraction of sp³-hybridized carbons (Fsp3) is 0.438. The van der Waals surface area contributed by atoms with Gasteiger partial charge in [-0.05, 0) is 32.9 Å². The van der Waals surface area contributed by atoms with Crippen LogP contribution in [0.25, 0.3) is 0 Å². The van der Waals surface area contributed by atoms with Crippen molar-refractivity contribution in [1.29, 1.82) is 5.26 Å². The van der Waals surface area contributed by atoms with E-state index >= 15 is 0 Å². The summed E-state index contributed by atoms with van der Waals surface area (Å²) in [5.74, 6) is 0.650. The molecule has 0 heterocycles. The molecule has 0 aromatic heterocycles. The lowest BCUT2D eigenvalue weighted by molar-refractivity contribution is -0.113. The van der Waals surface area contributed by atoms with Gasteiger partial charge in [0.15, 0.2) is 0 Å². The normalized spacial score (nSPS) is 10.5. The number of nitriles is 1. The van der Waals surface area contributed by atoms with Gasteiger partial charge < -0.3 is 15.4 Å². The van der Waals surface area contributed by atoms with Gasteiger partial charge in [0, 0.05) is 12.3 Å². The van der Waals surface area contributed by atoms with E-state index in [2.05, 4.69) is 10.6 Å². The summed E-state index contributed by atoms with van der Waals surface area (Å²) in [6.45, 7) is 5.81. The van der Waals surface area contributed by atoms with E-state index in [9.17, 15) is 9.59 Å².